The van der Waals surface area contributed by atoms with Crippen molar-refractivity contribution in [2.75, 3.05) is 17.1 Å². The van der Waals surface area contributed by atoms with Crippen molar-refractivity contribution in [1.29, 1.82) is 0 Å². The van der Waals surface area contributed by atoms with Gasteiger partial charge in [-0.1, -0.05) is 70.2 Å². The maximum atomic E-state index is 13.9. The molecular weight excluding hydrogens is 474 g/mol. The van der Waals surface area contributed by atoms with Gasteiger partial charge in [-0.05, 0) is 55.4 Å². The van der Waals surface area contributed by atoms with Crippen LogP contribution in [-0.2, 0) is 26.2 Å². The van der Waals surface area contributed by atoms with Crippen molar-refractivity contribution in [3.05, 3.63) is 65.2 Å². The van der Waals surface area contributed by atoms with Crippen LogP contribution in [0.1, 0.15) is 70.1 Å². The molecule has 0 aromatic heterocycles. The zero-order chi connectivity index (χ0) is 27.0. The number of para-hydroxylation sites is 1. The van der Waals surface area contributed by atoms with Crippen molar-refractivity contribution in [3.63, 3.8) is 0 Å². The number of rotatable bonds is 12. The summed E-state index contributed by atoms with van der Waals surface area (Å²) >= 11 is 0. The summed E-state index contributed by atoms with van der Waals surface area (Å²) in [6, 6.07) is 14.2. The van der Waals surface area contributed by atoms with Gasteiger partial charge in [-0.3, -0.25) is 13.9 Å². The highest BCUT2D eigenvalue weighted by Gasteiger charge is 2.33. The molecule has 0 saturated heterocycles. The number of sulfonamides is 1. The Hall–Kier alpha value is -2.87. The summed E-state index contributed by atoms with van der Waals surface area (Å²) in [5.74, 6) is -0.594. The molecule has 36 heavy (non-hydrogen) atoms. The molecule has 0 unspecified atom stereocenters. The lowest BCUT2D eigenvalue weighted by atomic mass is 10.0. The minimum Gasteiger partial charge on any atom is -0.352 e. The standard InChI is InChI=1S/C28H41N3O4S/c1-8-22(6)29-28(33)25(9-2)30(18-23-15-11-10-14-21(23)5)27(32)19-31(36(7,34)35)26-17-13-12-16-24(26)20(3)4/h10-17,20,22,25H,8-9,18-19H2,1-7H3,(H,29,33)/t22-,25-/m0/s1. The third kappa shape index (κ3) is 7.56. The van der Waals surface area contributed by atoms with Crippen LogP contribution < -0.4 is 9.62 Å². The average Bonchev–Trinajstić information content (AvgIpc) is 2.82. The van der Waals surface area contributed by atoms with Crippen LogP contribution >= 0.6 is 0 Å². The van der Waals surface area contributed by atoms with Crippen LogP contribution in [0.5, 0.6) is 0 Å². The molecule has 0 fully saturated rings. The number of aryl methyl sites for hydroxylation is 1. The van der Waals surface area contributed by atoms with Gasteiger partial charge in [0.2, 0.25) is 21.8 Å². The van der Waals surface area contributed by atoms with Gasteiger partial charge >= 0.3 is 0 Å². The molecule has 0 spiro atoms. The number of nitrogens with zero attached hydrogens (tertiary/aromatic N) is 2. The van der Waals surface area contributed by atoms with E-state index in [1.54, 1.807) is 12.1 Å². The number of anilines is 1. The van der Waals surface area contributed by atoms with Crippen molar-refractivity contribution in [2.24, 2.45) is 0 Å². The third-order valence-electron chi connectivity index (χ3n) is 6.50. The molecule has 2 atom stereocenters. The van der Waals surface area contributed by atoms with Crippen molar-refractivity contribution in [1.82, 2.24) is 10.2 Å². The molecule has 2 aromatic carbocycles. The predicted octanol–water partition coefficient (Wildman–Crippen LogP) is 4.61. The molecule has 2 amide bonds. The highest BCUT2D eigenvalue weighted by atomic mass is 32.2. The number of carbonyl (C=O) groups excluding carboxylic acids is 2. The first kappa shape index (κ1) is 29.4. The monoisotopic (exact) mass is 515 g/mol. The van der Waals surface area contributed by atoms with E-state index in [4.69, 9.17) is 0 Å². The molecule has 198 valence electrons. The number of benzene rings is 2. The Kier molecular flexibility index (Phi) is 10.5. The molecule has 0 aliphatic rings. The second-order valence-electron chi connectivity index (χ2n) is 9.67. The lowest BCUT2D eigenvalue weighted by Gasteiger charge is -2.34. The number of carbonyl (C=O) groups is 2. The summed E-state index contributed by atoms with van der Waals surface area (Å²) in [4.78, 5) is 28.6. The topological polar surface area (TPSA) is 86.8 Å². The van der Waals surface area contributed by atoms with E-state index >= 15 is 0 Å². The summed E-state index contributed by atoms with van der Waals surface area (Å²) in [7, 11) is -3.77. The Bertz CT molecular complexity index is 1150. The fraction of sp³-hybridized carbons (Fsp3) is 0.500. The largest absolute Gasteiger partial charge is 0.352 e. The van der Waals surface area contributed by atoms with E-state index in [1.807, 2.05) is 77.9 Å². The van der Waals surface area contributed by atoms with Gasteiger partial charge in [0, 0.05) is 12.6 Å². The van der Waals surface area contributed by atoms with Gasteiger partial charge in [-0.25, -0.2) is 8.42 Å². The Morgan fingerprint density at radius 1 is 0.944 bits per heavy atom. The van der Waals surface area contributed by atoms with E-state index in [2.05, 4.69) is 5.32 Å². The highest BCUT2D eigenvalue weighted by molar-refractivity contribution is 7.92. The van der Waals surface area contributed by atoms with Crippen LogP contribution in [0.25, 0.3) is 0 Å². The fourth-order valence-corrected chi connectivity index (χ4v) is 5.00. The van der Waals surface area contributed by atoms with E-state index in [-0.39, 0.29) is 31.0 Å². The summed E-state index contributed by atoms with van der Waals surface area (Å²) in [5, 5.41) is 2.99. The smallest absolute Gasteiger partial charge is 0.244 e. The Labute approximate surface area is 216 Å². The first-order chi connectivity index (χ1) is 16.9. The maximum Gasteiger partial charge on any atom is 0.244 e. The molecule has 0 saturated carbocycles. The van der Waals surface area contributed by atoms with Crippen molar-refractivity contribution < 1.29 is 18.0 Å². The lowest BCUT2D eigenvalue weighted by Crippen LogP contribution is -2.53. The van der Waals surface area contributed by atoms with Crippen LogP contribution in [0.15, 0.2) is 48.5 Å². The zero-order valence-corrected chi connectivity index (χ0v) is 23.4. The van der Waals surface area contributed by atoms with Crippen molar-refractivity contribution in [3.8, 4) is 0 Å². The molecule has 0 aliphatic heterocycles. The second kappa shape index (κ2) is 12.9. The van der Waals surface area contributed by atoms with Gasteiger partial charge in [0.25, 0.3) is 0 Å². The van der Waals surface area contributed by atoms with Crippen LogP contribution in [0.3, 0.4) is 0 Å². The van der Waals surface area contributed by atoms with Crippen LogP contribution in [0, 0.1) is 6.92 Å². The minimum absolute atomic E-state index is 0.0348. The number of nitrogens with one attached hydrogen (secondary N) is 1. The van der Waals surface area contributed by atoms with Gasteiger partial charge in [0.15, 0.2) is 0 Å². The summed E-state index contributed by atoms with van der Waals surface area (Å²) in [6.45, 7) is 11.5. The van der Waals surface area contributed by atoms with Gasteiger partial charge in [0.1, 0.15) is 12.6 Å². The summed E-state index contributed by atoms with van der Waals surface area (Å²) in [6.07, 6.45) is 2.28. The van der Waals surface area contributed by atoms with E-state index in [1.165, 1.54) is 4.90 Å². The summed E-state index contributed by atoms with van der Waals surface area (Å²) < 4.78 is 27.0. The van der Waals surface area contributed by atoms with Gasteiger partial charge in [-0.2, -0.15) is 0 Å². The fourth-order valence-electron chi connectivity index (χ4n) is 4.13. The zero-order valence-electron chi connectivity index (χ0n) is 22.6. The Morgan fingerprint density at radius 2 is 1.56 bits per heavy atom. The minimum atomic E-state index is -3.77. The van der Waals surface area contributed by atoms with E-state index in [0.29, 0.717) is 12.1 Å². The lowest BCUT2D eigenvalue weighted by molar-refractivity contribution is -0.140. The molecule has 8 heteroatoms. The molecule has 0 bridgehead atoms. The van der Waals surface area contributed by atoms with E-state index in [0.717, 1.165) is 33.7 Å². The Morgan fingerprint density at radius 3 is 2.11 bits per heavy atom. The summed E-state index contributed by atoms with van der Waals surface area (Å²) in [5.41, 5.74) is 3.23. The van der Waals surface area contributed by atoms with Crippen LogP contribution in [0.2, 0.25) is 0 Å². The molecule has 7 nitrogen and oxygen atoms in total. The van der Waals surface area contributed by atoms with Crippen LogP contribution in [-0.4, -0.2) is 50.0 Å². The average molecular weight is 516 g/mol. The molecule has 0 aliphatic carbocycles. The number of hydrogen-bond acceptors (Lipinski definition) is 4. The second-order valence-corrected chi connectivity index (χ2v) is 11.6. The molecule has 2 aromatic rings. The number of hydrogen-bond donors (Lipinski definition) is 1. The van der Waals surface area contributed by atoms with Gasteiger partial charge in [-0.15, -0.1) is 0 Å². The first-order valence-corrected chi connectivity index (χ1v) is 14.5. The predicted molar refractivity (Wildman–Crippen MR) is 146 cm³/mol. The highest BCUT2D eigenvalue weighted by Crippen LogP contribution is 2.29. The van der Waals surface area contributed by atoms with E-state index < -0.39 is 22.0 Å². The van der Waals surface area contributed by atoms with Crippen molar-refractivity contribution in [2.45, 2.75) is 78.9 Å². The number of amides is 2. The SMILES string of the molecule is CC[C@H](C)NC(=O)[C@H](CC)N(Cc1ccccc1C)C(=O)CN(c1ccccc1C(C)C)S(C)(=O)=O. The Balaban J connectivity index is 2.52. The normalized spacial score (nSPS) is 13.2. The molecular formula is C28H41N3O4S. The first-order valence-electron chi connectivity index (χ1n) is 12.6. The molecule has 1 N–H and O–H groups in total. The maximum absolute atomic E-state index is 13.9. The van der Waals surface area contributed by atoms with Crippen LogP contribution in [0.4, 0.5) is 5.69 Å². The van der Waals surface area contributed by atoms with Crippen molar-refractivity contribution >= 4 is 27.5 Å². The molecule has 2 rings (SSSR count). The van der Waals surface area contributed by atoms with Gasteiger partial charge < -0.3 is 10.2 Å². The van der Waals surface area contributed by atoms with Gasteiger partial charge in [0.05, 0.1) is 11.9 Å². The quantitative estimate of drug-likeness (QED) is 0.447. The third-order valence-corrected chi connectivity index (χ3v) is 7.62. The molecule has 0 heterocycles. The van der Waals surface area contributed by atoms with E-state index in [9.17, 15) is 18.0 Å². The molecule has 0 radical (unpaired) electrons.